The van der Waals surface area contributed by atoms with Crippen molar-refractivity contribution in [2.45, 2.75) is 6.92 Å². The van der Waals surface area contributed by atoms with Gasteiger partial charge in [0.15, 0.2) is 0 Å². The second-order valence-electron chi connectivity index (χ2n) is 3.43. The van der Waals surface area contributed by atoms with Gasteiger partial charge >= 0.3 is 0 Å². The summed E-state index contributed by atoms with van der Waals surface area (Å²) in [5.74, 6) is 0.387. The van der Waals surface area contributed by atoms with Crippen molar-refractivity contribution in [2.24, 2.45) is 7.05 Å². The Labute approximate surface area is 77.1 Å². The molecule has 4 heteroatoms. The van der Waals surface area contributed by atoms with E-state index in [0.29, 0.717) is 12.3 Å². The normalized spacial score (nSPS) is 15.6. The maximum atomic E-state index is 9.44. The van der Waals surface area contributed by atoms with Crippen molar-refractivity contribution in [2.75, 3.05) is 18.5 Å². The number of rotatable bonds is 0. The number of aliphatic hydroxyl groups is 1. The van der Waals surface area contributed by atoms with Gasteiger partial charge in [0.05, 0.1) is 23.6 Å². The van der Waals surface area contributed by atoms with Crippen molar-refractivity contribution in [3.8, 4) is 0 Å². The molecular weight excluding hydrogens is 166 g/mol. The minimum Gasteiger partial charge on any atom is -0.510 e. The van der Waals surface area contributed by atoms with Crippen LogP contribution in [0.5, 0.6) is 0 Å². The van der Waals surface area contributed by atoms with Gasteiger partial charge in [-0.25, -0.2) is 0 Å². The van der Waals surface area contributed by atoms with Gasteiger partial charge in [0.25, 0.3) is 0 Å². The highest BCUT2D eigenvalue weighted by Crippen LogP contribution is 2.29. The molecule has 0 fully saturated rings. The topological polar surface area (TPSA) is 41.3 Å². The van der Waals surface area contributed by atoms with Crippen LogP contribution >= 0.6 is 0 Å². The Bertz CT molecular complexity index is 378. The number of likely N-dealkylation sites (N-methyl/N-ethyl adjacent to an activating group) is 1. The fourth-order valence-electron chi connectivity index (χ4n) is 1.82. The van der Waals surface area contributed by atoms with Gasteiger partial charge in [-0.05, 0) is 6.92 Å². The Hall–Kier alpha value is -1.45. The molecule has 1 aromatic heterocycles. The lowest BCUT2D eigenvalue weighted by atomic mass is 10.2. The third-order valence-corrected chi connectivity index (χ3v) is 2.32. The zero-order valence-electron chi connectivity index (χ0n) is 8.07. The molecule has 0 radical (unpaired) electrons. The molecule has 2 rings (SSSR count). The van der Waals surface area contributed by atoms with Gasteiger partial charge in [-0.1, -0.05) is 0 Å². The van der Waals surface area contributed by atoms with E-state index in [4.69, 9.17) is 0 Å². The molecule has 70 valence electrons. The molecule has 0 saturated heterocycles. The molecule has 0 saturated carbocycles. The SMILES string of the molecule is Cc1nn(C)c2c1N(C)CC(O)=C2. The molecule has 13 heavy (non-hydrogen) atoms. The van der Waals surface area contributed by atoms with E-state index in [2.05, 4.69) is 5.10 Å². The van der Waals surface area contributed by atoms with Crippen LogP contribution in [0.15, 0.2) is 5.76 Å². The second-order valence-corrected chi connectivity index (χ2v) is 3.43. The first-order valence-corrected chi connectivity index (χ1v) is 4.24. The Morgan fingerprint density at radius 1 is 1.46 bits per heavy atom. The Morgan fingerprint density at radius 2 is 2.15 bits per heavy atom. The summed E-state index contributed by atoms with van der Waals surface area (Å²) in [5.41, 5.74) is 3.09. The predicted molar refractivity (Wildman–Crippen MR) is 51.8 cm³/mol. The second kappa shape index (κ2) is 2.52. The van der Waals surface area contributed by atoms with Crippen molar-refractivity contribution in [1.29, 1.82) is 0 Å². The highest BCUT2D eigenvalue weighted by Gasteiger charge is 2.20. The average molecular weight is 179 g/mol. The third kappa shape index (κ3) is 1.09. The summed E-state index contributed by atoms with van der Waals surface area (Å²) in [7, 11) is 3.84. The summed E-state index contributed by atoms with van der Waals surface area (Å²) < 4.78 is 1.79. The van der Waals surface area contributed by atoms with Crippen LogP contribution in [0.2, 0.25) is 0 Å². The van der Waals surface area contributed by atoms with E-state index in [0.717, 1.165) is 17.1 Å². The van der Waals surface area contributed by atoms with Gasteiger partial charge in [0.1, 0.15) is 5.76 Å². The van der Waals surface area contributed by atoms with E-state index in [-0.39, 0.29) is 0 Å². The first kappa shape index (κ1) is 8.16. The van der Waals surface area contributed by atoms with Crippen molar-refractivity contribution < 1.29 is 5.11 Å². The number of fused-ring (bicyclic) bond motifs is 1. The van der Waals surface area contributed by atoms with E-state index in [1.54, 1.807) is 10.8 Å². The van der Waals surface area contributed by atoms with Crippen LogP contribution in [0.4, 0.5) is 5.69 Å². The predicted octanol–water partition coefficient (Wildman–Crippen LogP) is 1.08. The first-order valence-electron chi connectivity index (χ1n) is 4.24. The van der Waals surface area contributed by atoms with Crippen LogP contribution in [-0.2, 0) is 7.05 Å². The van der Waals surface area contributed by atoms with Crippen molar-refractivity contribution in [3.63, 3.8) is 0 Å². The van der Waals surface area contributed by atoms with Crippen LogP contribution < -0.4 is 4.90 Å². The Kier molecular flexibility index (Phi) is 1.58. The number of anilines is 1. The van der Waals surface area contributed by atoms with Gasteiger partial charge in [0.2, 0.25) is 0 Å². The number of aryl methyl sites for hydroxylation is 2. The van der Waals surface area contributed by atoms with Crippen LogP contribution in [0.25, 0.3) is 6.08 Å². The number of hydrogen-bond donors (Lipinski definition) is 1. The number of aliphatic hydroxyl groups excluding tert-OH is 1. The van der Waals surface area contributed by atoms with Crippen molar-refractivity contribution in [1.82, 2.24) is 9.78 Å². The monoisotopic (exact) mass is 179 g/mol. The Balaban J connectivity index is 2.64. The summed E-state index contributed by atoms with van der Waals surface area (Å²) in [5, 5.41) is 13.7. The molecule has 0 unspecified atom stereocenters. The lowest BCUT2D eigenvalue weighted by molar-refractivity contribution is 0.404. The van der Waals surface area contributed by atoms with E-state index in [9.17, 15) is 5.11 Å². The molecule has 0 bridgehead atoms. The molecule has 1 N–H and O–H groups in total. The van der Waals surface area contributed by atoms with Gasteiger partial charge in [-0.2, -0.15) is 5.10 Å². The molecule has 1 aliphatic rings. The lowest BCUT2D eigenvalue weighted by Crippen LogP contribution is -2.24. The molecule has 2 heterocycles. The van der Waals surface area contributed by atoms with Crippen LogP contribution in [0, 0.1) is 6.92 Å². The highest BCUT2D eigenvalue weighted by atomic mass is 16.3. The number of hydrogen-bond acceptors (Lipinski definition) is 3. The van der Waals surface area contributed by atoms with E-state index < -0.39 is 0 Å². The van der Waals surface area contributed by atoms with Crippen LogP contribution in [0.3, 0.4) is 0 Å². The Morgan fingerprint density at radius 3 is 2.85 bits per heavy atom. The minimum atomic E-state index is 0.387. The maximum absolute atomic E-state index is 9.44. The van der Waals surface area contributed by atoms with E-state index in [1.807, 2.05) is 25.9 Å². The third-order valence-electron chi connectivity index (χ3n) is 2.32. The average Bonchev–Trinajstić information content (AvgIpc) is 2.27. The lowest BCUT2D eigenvalue weighted by Gasteiger charge is -2.23. The summed E-state index contributed by atoms with van der Waals surface area (Å²) >= 11 is 0. The zero-order chi connectivity index (χ0) is 9.59. The molecule has 1 aliphatic heterocycles. The molecule has 0 atom stereocenters. The summed E-state index contributed by atoms with van der Waals surface area (Å²) in [4.78, 5) is 2.01. The standard InChI is InChI=1S/C9H13N3O/c1-6-9-8(12(3)10-6)4-7(13)5-11(9)2/h4,13H,5H2,1-3H3. The van der Waals surface area contributed by atoms with Crippen LogP contribution in [-0.4, -0.2) is 28.5 Å². The number of nitrogens with zero attached hydrogens (tertiary/aromatic N) is 3. The van der Waals surface area contributed by atoms with E-state index in [1.165, 1.54) is 0 Å². The molecular formula is C9H13N3O. The molecule has 1 aromatic rings. The van der Waals surface area contributed by atoms with Crippen molar-refractivity contribution in [3.05, 3.63) is 17.1 Å². The van der Waals surface area contributed by atoms with Crippen LogP contribution in [0.1, 0.15) is 11.4 Å². The summed E-state index contributed by atoms with van der Waals surface area (Å²) in [6.45, 7) is 2.55. The minimum absolute atomic E-state index is 0.387. The molecule has 0 aliphatic carbocycles. The molecule has 0 aromatic carbocycles. The molecule has 0 amide bonds. The van der Waals surface area contributed by atoms with Gasteiger partial charge in [-0.15, -0.1) is 0 Å². The van der Waals surface area contributed by atoms with Gasteiger partial charge in [0, 0.05) is 20.2 Å². The van der Waals surface area contributed by atoms with Gasteiger partial charge < -0.3 is 10.0 Å². The molecule has 0 spiro atoms. The number of aromatic nitrogens is 2. The fourth-order valence-corrected chi connectivity index (χ4v) is 1.82. The fraction of sp³-hybridized carbons (Fsp3) is 0.444. The van der Waals surface area contributed by atoms with E-state index >= 15 is 0 Å². The smallest absolute Gasteiger partial charge is 0.114 e. The maximum Gasteiger partial charge on any atom is 0.114 e. The first-order chi connectivity index (χ1) is 6.09. The van der Waals surface area contributed by atoms with Crippen molar-refractivity contribution >= 4 is 11.8 Å². The molecule has 4 nitrogen and oxygen atoms in total. The summed E-state index contributed by atoms with van der Waals surface area (Å²) in [6, 6.07) is 0. The quantitative estimate of drug-likeness (QED) is 0.648. The highest BCUT2D eigenvalue weighted by molar-refractivity contribution is 5.71. The largest absolute Gasteiger partial charge is 0.510 e. The summed E-state index contributed by atoms with van der Waals surface area (Å²) in [6.07, 6.45) is 1.77. The zero-order valence-corrected chi connectivity index (χ0v) is 8.07. The van der Waals surface area contributed by atoms with Gasteiger partial charge in [-0.3, -0.25) is 4.68 Å².